The normalized spacial score (nSPS) is 20.7. The molecular formula is C25H29N3O5S. The molecule has 9 heteroatoms. The molecule has 1 saturated heterocycles. The van der Waals surface area contributed by atoms with Gasteiger partial charge in [0.25, 0.3) is 0 Å². The van der Waals surface area contributed by atoms with Crippen LogP contribution in [0.5, 0.6) is 0 Å². The van der Waals surface area contributed by atoms with E-state index in [-0.39, 0.29) is 29.9 Å². The van der Waals surface area contributed by atoms with Crippen LogP contribution in [0.25, 0.3) is 5.13 Å². The maximum Gasteiger partial charge on any atom is 0.329 e. The summed E-state index contributed by atoms with van der Waals surface area (Å²) in [5, 5.41) is 2.62. The number of ether oxygens (including phenoxy) is 1. The number of imide groups is 1. The van der Waals surface area contributed by atoms with Gasteiger partial charge in [-0.05, 0) is 45.1 Å². The minimum atomic E-state index is -1.03. The monoisotopic (exact) mass is 483 g/mol. The SMILES string of the molecule is Cc1cc(C(=O)COC(=O)C(CC(C)C)N2C(=O)C3CC=CCC3C2=O)c(C)n1-c1nccs1. The van der Waals surface area contributed by atoms with Crippen molar-refractivity contribution < 1.29 is 23.9 Å². The predicted octanol–water partition coefficient (Wildman–Crippen LogP) is 3.64. The van der Waals surface area contributed by atoms with Crippen molar-refractivity contribution >= 4 is 34.9 Å². The number of aryl methyl sites for hydroxylation is 1. The Morgan fingerprint density at radius 1 is 1.15 bits per heavy atom. The average molecular weight is 484 g/mol. The van der Waals surface area contributed by atoms with Gasteiger partial charge >= 0.3 is 5.97 Å². The number of rotatable bonds is 8. The number of carbonyl (C=O) groups excluding carboxylic acids is 4. The molecule has 2 amide bonds. The summed E-state index contributed by atoms with van der Waals surface area (Å²) in [6.07, 6.45) is 6.81. The highest BCUT2D eigenvalue weighted by Crippen LogP contribution is 2.37. The van der Waals surface area contributed by atoms with E-state index in [2.05, 4.69) is 4.98 Å². The smallest absolute Gasteiger partial charge is 0.329 e. The van der Waals surface area contributed by atoms with Gasteiger partial charge in [0.2, 0.25) is 17.6 Å². The number of ketones is 1. The minimum absolute atomic E-state index is 0.0480. The van der Waals surface area contributed by atoms with E-state index >= 15 is 0 Å². The highest BCUT2D eigenvalue weighted by Gasteiger charge is 2.51. The van der Waals surface area contributed by atoms with Crippen LogP contribution in [0.15, 0.2) is 29.8 Å². The van der Waals surface area contributed by atoms with E-state index < -0.39 is 30.5 Å². The Morgan fingerprint density at radius 2 is 1.79 bits per heavy atom. The van der Waals surface area contributed by atoms with Gasteiger partial charge in [0.1, 0.15) is 6.04 Å². The first-order valence-electron chi connectivity index (χ1n) is 11.5. The van der Waals surface area contributed by atoms with Crippen molar-refractivity contribution in [2.75, 3.05) is 6.61 Å². The third-order valence-corrected chi connectivity index (χ3v) is 7.26. The van der Waals surface area contributed by atoms with Gasteiger partial charge in [-0.15, -0.1) is 11.3 Å². The van der Waals surface area contributed by atoms with Crippen LogP contribution in [0.4, 0.5) is 0 Å². The lowest BCUT2D eigenvalue weighted by Gasteiger charge is -2.26. The first-order chi connectivity index (χ1) is 16.2. The predicted molar refractivity (Wildman–Crippen MR) is 127 cm³/mol. The molecular weight excluding hydrogens is 454 g/mol. The summed E-state index contributed by atoms with van der Waals surface area (Å²) in [5.74, 6) is -2.49. The Balaban J connectivity index is 1.49. The average Bonchev–Trinajstić information content (AvgIpc) is 3.49. The lowest BCUT2D eigenvalue weighted by molar-refractivity contribution is -0.158. The van der Waals surface area contributed by atoms with Gasteiger partial charge in [-0.3, -0.25) is 23.9 Å². The number of thiazole rings is 1. The highest BCUT2D eigenvalue weighted by molar-refractivity contribution is 7.12. The van der Waals surface area contributed by atoms with Crippen LogP contribution in [0.2, 0.25) is 0 Å². The summed E-state index contributed by atoms with van der Waals surface area (Å²) in [7, 11) is 0. The molecule has 8 nitrogen and oxygen atoms in total. The highest BCUT2D eigenvalue weighted by atomic mass is 32.1. The van der Waals surface area contributed by atoms with E-state index in [1.54, 1.807) is 12.3 Å². The number of hydrogen-bond donors (Lipinski definition) is 0. The van der Waals surface area contributed by atoms with Gasteiger partial charge in [0.15, 0.2) is 11.7 Å². The second-order valence-corrected chi connectivity index (χ2v) is 10.2. The molecule has 2 aromatic rings. The molecule has 3 atom stereocenters. The molecule has 0 N–H and O–H groups in total. The number of fused-ring (bicyclic) bond motifs is 1. The number of Topliss-reactive ketones (excluding diaryl/α,β-unsaturated/α-hetero) is 1. The van der Waals surface area contributed by atoms with Gasteiger partial charge in [-0.25, -0.2) is 9.78 Å². The molecule has 0 saturated carbocycles. The zero-order valence-corrected chi connectivity index (χ0v) is 20.6. The summed E-state index contributed by atoms with van der Waals surface area (Å²) >= 11 is 1.46. The van der Waals surface area contributed by atoms with Gasteiger partial charge in [0, 0.05) is 28.5 Å². The first kappa shape index (κ1) is 24.1. The zero-order valence-electron chi connectivity index (χ0n) is 19.8. The molecule has 1 aliphatic carbocycles. The summed E-state index contributed by atoms with van der Waals surface area (Å²) in [6, 6.07) is 0.727. The summed E-state index contributed by atoms with van der Waals surface area (Å²) in [5.41, 5.74) is 2.02. The van der Waals surface area contributed by atoms with Crippen molar-refractivity contribution in [3.63, 3.8) is 0 Å². The molecule has 1 aliphatic heterocycles. The first-order valence-corrected chi connectivity index (χ1v) is 12.4. The van der Waals surface area contributed by atoms with Gasteiger partial charge < -0.3 is 4.74 Å². The maximum absolute atomic E-state index is 13.1. The number of hydrogen-bond acceptors (Lipinski definition) is 7. The molecule has 0 bridgehead atoms. The van der Waals surface area contributed by atoms with E-state index in [9.17, 15) is 19.2 Å². The Hall–Kier alpha value is -3.07. The molecule has 1 fully saturated rings. The van der Waals surface area contributed by atoms with Crippen molar-refractivity contribution in [1.82, 2.24) is 14.5 Å². The molecule has 4 rings (SSSR count). The van der Waals surface area contributed by atoms with E-state index in [0.717, 1.165) is 15.7 Å². The lowest BCUT2D eigenvalue weighted by Crippen LogP contribution is -2.47. The minimum Gasteiger partial charge on any atom is -0.456 e. The van der Waals surface area contributed by atoms with Gasteiger partial charge in [-0.2, -0.15) is 0 Å². The van der Waals surface area contributed by atoms with Gasteiger partial charge in [-0.1, -0.05) is 26.0 Å². The molecule has 0 radical (unpaired) electrons. The van der Waals surface area contributed by atoms with E-state index in [4.69, 9.17) is 4.74 Å². The maximum atomic E-state index is 13.1. The Morgan fingerprint density at radius 3 is 2.35 bits per heavy atom. The number of nitrogens with zero attached hydrogens (tertiary/aromatic N) is 3. The Kier molecular flexibility index (Phi) is 6.84. The summed E-state index contributed by atoms with van der Waals surface area (Å²) in [6.45, 7) is 7.08. The summed E-state index contributed by atoms with van der Waals surface area (Å²) in [4.78, 5) is 57.5. The topological polar surface area (TPSA) is 98.6 Å². The third-order valence-electron chi connectivity index (χ3n) is 6.51. The zero-order chi connectivity index (χ0) is 24.6. The van der Waals surface area contributed by atoms with E-state index in [0.29, 0.717) is 24.1 Å². The fourth-order valence-electron chi connectivity index (χ4n) is 4.86. The Labute approximate surface area is 202 Å². The number of amides is 2. The van der Waals surface area contributed by atoms with Crippen LogP contribution in [-0.2, 0) is 19.1 Å². The van der Waals surface area contributed by atoms with Crippen LogP contribution in [0, 0.1) is 31.6 Å². The number of carbonyl (C=O) groups is 4. The molecule has 2 aromatic heterocycles. The summed E-state index contributed by atoms with van der Waals surface area (Å²) < 4.78 is 7.29. The van der Waals surface area contributed by atoms with Gasteiger partial charge in [0.05, 0.1) is 11.8 Å². The van der Waals surface area contributed by atoms with E-state index in [1.807, 2.05) is 49.8 Å². The molecule has 2 aliphatic rings. The van der Waals surface area contributed by atoms with Crippen molar-refractivity contribution in [3.05, 3.63) is 46.7 Å². The number of aromatic nitrogens is 2. The van der Waals surface area contributed by atoms with Crippen molar-refractivity contribution in [2.24, 2.45) is 17.8 Å². The standard InChI is InChI=1S/C25H29N3O5S/c1-14(2)11-20(28-22(30)17-7-5-6-8-18(17)23(28)31)24(32)33-13-21(29)19-12-15(3)27(16(19)4)25-26-9-10-34-25/h5-6,9-10,12,14,17-18,20H,7-8,11,13H2,1-4H3. The Bertz CT molecular complexity index is 1120. The van der Waals surface area contributed by atoms with E-state index in [1.165, 1.54) is 11.3 Å². The van der Waals surface area contributed by atoms with Crippen LogP contribution >= 0.6 is 11.3 Å². The molecule has 0 spiro atoms. The largest absolute Gasteiger partial charge is 0.456 e. The third kappa shape index (κ3) is 4.36. The van der Waals surface area contributed by atoms with Crippen LogP contribution in [0.3, 0.4) is 0 Å². The fourth-order valence-corrected chi connectivity index (χ4v) is 5.61. The number of likely N-dealkylation sites (tertiary alicyclic amines) is 1. The second kappa shape index (κ2) is 9.66. The molecule has 180 valence electrons. The molecule has 3 unspecified atom stereocenters. The number of esters is 1. The second-order valence-electron chi connectivity index (χ2n) is 9.31. The molecule has 3 heterocycles. The lowest BCUT2D eigenvalue weighted by atomic mass is 9.85. The van der Waals surface area contributed by atoms with Crippen LogP contribution < -0.4 is 0 Å². The molecule has 0 aromatic carbocycles. The van der Waals surface area contributed by atoms with Crippen molar-refractivity contribution in [1.29, 1.82) is 0 Å². The van der Waals surface area contributed by atoms with Crippen molar-refractivity contribution in [2.45, 2.75) is 53.0 Å². The fraction of sp³-hybridized carbons (Fsp3) is 0.480. The quantitative estimate of drug-likeness (QED) is 0.246. The van der Waals surface area contributed by atoms with Crippen LogP contribution in [0.1, 0.15) is 54.9 Å². The molecule has 34 heavy (non-hydrogen) atoms. The number of allylic oxidation sites excluding steroid dienone is 2. The van der Waals surface area contributed by atoms with Crippen LogP contribution in [-0.4, -0.2) is 50.7 Å². The van der Waals surface area contributed by atoms with Crippen molar-refractivity contribution in [3.8, 4) is 5.13 Å².